The lowest BCUT2D eigenvalue weighted by atomic mass is 10.1. The Hall–Kier alpha value is -1.00. The molecule has 2 rings (SSSR count). The largest absolute Gasteiger partial charge is 0.334 e. The summed E-state index contributed by atoms with van der Waals surface area (Å²) in [6.45, 7) is 3.56. The van der Waals surface area contributed by atoms with Gasteiger partial charge < -0.3 is 10.6 Å². The smallest absolute Gasteiger partial charge is 0.254 e. The lowest BCUT2D eigenvalue weighted by Crippen LogP contribution is -2.39. The molecule has 1 unspecified atom stereocenters. The van der Waals surface area contributed by atoms with E-state index in [2.05, 4.69) is 19.1 Å². The molecule has 1 aliphatic rings. The zero-order valence-electron chi connectivity index (χ0n) is 11.5. The Kier molecular flexibility index (Phi) is 5.28. The van der Waals surface area contributed by atoms with Crippen LogP contribution in [0, 0.1) is 0 Å². The Bertz CT molecular complexity index is 419. The number of rotatable bonds is 5. The second-order valence-electron chi connectivity index (χ2n) is 4.86. The molecule has 0 saturated carbocycles. The lowest BCUT2D eigenvalue weighted by molar-refractivity contribution is 0.0741. The van der Waals surface area contributed by atoms with Crippen molar-refractivity contribution in [2.75, 3.05) is 18.8 Å². The van der Waals surface area contributed by atoms with Crippen molar-refractivity contribution in [1.29, 1.82) is 0 Å². The molecule has 0 aliphatic carbocycles. The van der Waals surface area contributed by atoms with Crippen LogP contribution >= 0.6 is 11.8 Å². The first kappa shape index (κ1) is 14.4. The van der Waals surface area contributed by atoms with Crippen LogP contribution in [0.25, 0.3) is 0 Å². The highest BCUT2D eigenvalue weighted by molar-refractivity contribution is 7.98. The molecule has 1 atom stereocenters. The maximum Gasteiger partial charge on any atom is 0.254 e. The van der Waals surface area contributed by atoms with E-state index in [1.54, 1.807) is 0 Å². The van der Waals surface area contributed by atoms with Gasteiger partial charge in [0.15, 0.2) is 0 Å². The molecule has 0 aromatic heterocycles. The molecule has 0 radical (unpaired) electrons. The highest BCUT2D eigenvalue weighted by Crippen LogP contribution is 2.20. The lowest BCUT2D eigenvalue weighted by Gasteiger charge is -2.23. The zero-order valence-corrected chi connectivity index (χ0v) is 12.3. The molecule has 1 aliphatic heterocycles. The van der Waals surface area contributed by atoms with E-state index in [-0.39, 0.29) is 11.9 Å². The fourth-order valence-electron chi connectivity index (χ4n) is 2.48. The van der Waals surface area contributed by atoms with Crippen LogP contribution in [0.3, 0.4) is 0 Å². The number of likely N-dealkylation sites (tertiary alicyclic amines) is 1. The van der Waals surface area contributed by atoms with Crippen molar-refractivity contribution < 1.29 is 4.79 Å². The Morgan fingerprint density at radius 3 is 2.79 bits per heavy atom. The van der Waals surface area contributed by atoms with Crippen molar-refractivity contribution in [3.8, 4) is 0 Å². The molecule has 1 aromatic carbocycles. The normalized spacial score (nSPS) is 18.8. The van der Waals surface area contributed by atoms with Crippen LogP contribution in [0.5, 0.6) is 0 Å². The van der Waals surface area contributed by atoms with E-state index < -0.39 is 0 Å². The molecule has 0 bridgehead atoms. The van der Waals surface area contributed by atoms with Crippen molar-refractivity contribution in [2.45, 2.75) is 31.6 Å². The molecule has 104 valence electrons. The molecule has 2 N–H and O–H groups in total. The topological polar surface area (TPSA) is 46.3 Å². The zero-order chi connectivity index (χ0) is 13.7. The van der Waals surface area contributed by atoms with Gasteiger partial charge in [-0.1, -0.05) is 19.1 Å². The first-order chi connectivity index (χ1) is 9.26. The molecule has 1 fully saturated rings. The van der Waals surface area contributed by atoms with Crippen molar-refractivity contribution in [2.24, 2.45) is 5.73 Å². The van der Waals surface area contributed by atoms with Gasteiger partial charge in [-0.2, -0.15) is 11.8 Å². The Balaban J connectivity index is 2.03. The van der Waals surface area contributed by atoms with E-state index in [0.717, 1.165) is 36.5 Å². The first-order valence-electron chi connectivity index (χ1n) is 6.94. The molecule has 1 heterocycles. The molecule has 1 aromatic rings. The second kappa shape index (κ2) is 6.96. The summed E-state index contributed by atoms with van der Waals surface area (Å²) in [6.07, 6.45) is 2.10. The van der Waals surface area contributed by atoms with E-state index in [9.17, 15) is 4.79 Å². The molecule has 3 nitrogen and oxygen atoms in total. The second-order valence-corrected chi connectivity index (χ2v) is 6.14. The van der Waals surface area contributed by atoms with Gasteiger partial charge in [0, 0.05) is 30.4 Å². The van der Waals surface area contributed by atoms with Crippen molar-refractivity contribution in [3.05, 3.63) is 35.4 Å². The number of thioether (sulfide) groups is 1. The van der Waals surface area contributed by atoms with E-state index in [0.29, 0.717) is 6.54 Å². The van der Waals surface area contributed by atoms with Gasteiger partial charge in [0.1, 0.15) is 0 Å². The maximum atomic E-state index is 12.4. The highest BCUT2D eigenvalue weighted by Gasteiger charge is 2.28. The third-order valence-electron chi connectivity index (χ3n) is 3.58. The summed E-state index contributed by atoms with van der Waals surface area (Å²) in [7, 11) is 0. The van der Waals surface area contributed by atoms with Crippen LogP contribution in [-0.2, 0) is 5.75 Å². The third-order valence-corrected chi connectivity index (χ3v) is 4.53. The summed E-state index contributed by atoms with van der Waals surface area (Å²) in [5.74, 6) is 2.26. The van der Waals surface area contributed by atoms with Crippen LogP contribution < -0.4 is 5.73 Å². The van der Waals surface area contributed by atoms with Crippen molar-refractivity contribution in [3.63, 3.8) is 0 Å². The summed E-state index contributed by atoms with van der Waals surface area (Å²) in [4.78, 5) is 14.3. The molecule has 4 heteroatoms. The summed E-state index contributed by atoms with van der Waals surface area (Å²) >= 11 is 1.89. The number of benzene rings is 1. The number of carbonyl (C=O) groups excluding carboxylic acids is 1. The molecular formula is C15H22N2OS. The summed E-state index contributed by atoms with van der Waals surface area (Å²) in [5.41, 5.74) is 7.78. The first-order valence-corrected chi connectivity index (χ1v) is 8.09. The van der Waals surface area contributed by atoms with Gasteiger partial charge in [-0.05, 0) is 36.3 Å². The number of hydrogen-bond acceptors (Lipinski definition) is 3. The summed E-state index contributed by atoms with van der Waals surface area (Å²) in [5, 5.41) is 0. The van der Waals surface area contributed by atoms with Gasteiger partial charge in [0.25, 0.3) is 5.91 Å². The van der Waals surface area contributed by atoms with Gasteiger partial charge in [-0.3, -0.25) is 4.79 Å². The SMILES string of the molecule is CCSCc1ccc(C(=O)N2CCCC2CN)cc1. The fourth-order valence-corrected chi connectivity index (χ4v) is 3.11. The molecular weight excluding hydrogens is 256 g/mol. The van der Waals surface area contributed by atoms with Crippen LogP contribution in [0.1, 0.15) is 35.7 Å². The number of amides is 1. The predicted octanol–water partition coefficient (Wildman–Crippen LogP) is 2.50. The van der Waals surface area contributed by atoms with E-state index in [4.69, 9.17) is 5.73 Å². The Labute approximate surface area is 119 Å². The van der Waals surface area contributed by atoms with E-state index in [1.165, 1.54) is 5.56 Å². The van der Waals surface area contributed by atoms with Crippen LogP contribution in [0.4, 0.5) is 0 Å². The van der Waals surface area contributed by atoms with Crippen LogP contribution in [-0.4, -0.2) is 35.7 Å². The number of nitrogens with zero attached hydrogens (tertiary/aromatic N) is 1. The average Bonchev–Trinajstić information content (AvgIpc) is 2.93. The molecule has 19 heavy (non-hydrogen) atoms. The van der Waals surface area contributed by atoms with Gasteiger partial charge in [0.2, 0.25) is 0 Å². The van der Waals surface area contributed by atoms with Gasteiger partial charge in [-0.15, -0.1) is 0 Å². The quantitative estimate of drug-likeness (QED) is 0.900. The van der Waals surface area contributed by atoms with Gasteiger partial charge in [-0.25, -0.2) is 0 Å². The number of nitrogens with two attached hydrogens (primary N) is 1. The van der Waals surface area contributed by atoms with Crippen LogP contribution in [0.2, 0.25) is 0 Å². The minimum absolute atomic E-state index is 0.127. The van der Waals surface area contributed by atoms with E-state index in [1.807, 2.05) is 28.8 Å². The fraction of sp³-hybridized carbons (Fsp3) is 0.533. The summed E-state index contributed by atoms with van der Waals surface area (Å²) < 4.78 is 0. The Morgan fingerprint density at radius 1 is 1.42 bits per heavy atom. The third kappa shape index (κ3) is 3.51. The van der Waals surface area contributed by atoms with Gasteiger partial charge >= 0.3 is 0 Å². The minimum Gasteiger partial charge on any atom is -0.334 e. The van der Waals surface area contributed by atoms with Crippen molar-refractivity contribution >= 4 is 17.7 Å². The number of hydrogen-bond donors (Lipinski definition) is 1. The minimum atomic E-state index is 0.127. The molecule has 1 amide bonds. The van der Waals surface area contributed by atoms with Crippen LogP contribution in [0.15, 0.2) is 24.3 Å². The highest BCUT2D eigenvalue weighted by atomic mass is 32.2. The Morgan fingerprint density at radius 2 is 2.16 bits per heavy atom. The maximum absolute atomic E-state index is 12.4. The van der Waals surface area contributed by atoms with Gasteiger partial charge in [0.05, 0.1) is 0 Å². The number of carbonyl (C=O) groups is 1. The summed E-state index contributed by atoms with van der Waals surface area (Å²) in [6, 6.07) is 8.23. The monoisotopic (exact) mass is 278 g/mol. The van der Waals surface area contributed by atoms with E-state index >= 15 is 0 Å². The predicted molar refractivity (Wildman–Crippen MR) is 81.4 cm³/mol. The molecule has 1 saturated heterocycles. The standard InChI is InChI=1S/C15H22N2OS/c1-2-19-11-12-5-7-13(8-6-12)15(18)17-9-3-4-14(17)10-16/h5-8,14H,2-4,9-11,16H2,1H3. The molecule has 0 spiro atoms. The average molecular weight is 278 g/mol. The van der Waals surface area contributed by atoms with Crippen molar-refractivity contribution in [1.82, 2.24) is 4.90 Å².